The molecule has 116 valence electrons. The summed E-state index contributed by atoms with van der Waals surface area (Å²) < 4.78 is 10.1. The maximum atomic E-state index is 12.0. The third-order valence-corrected chi connectivity index (χ3v) is 3.19. The Morgan fingerprint density at radius 1 is 1.13 bits per heavy atom. The Bertz CT molecular complexity index is 805. The van der Waals surface area contributed by atoms with Crippen molar-refractivity contribution < 1.29 is 14.2 Å². The van der Waals surface area contributed by atoms with Crippen LogP contribution in [0.1, 0.15) is 0 Å². The SMILES string of the molecule is O=C(COc1cccc(Cl)c1)Nc1nonc1-c1ccccc1. The van der Waals surface area contributed by atoms with Crippen LogP contribution in [0.2, 0.25) is 5.02 Å². The van der Waals surface area contributed by atoms with Gasteiger partial charge in [-0.15, -0.1) is 0 Å². The Kier molecular flexibility index (Phi) is 4.54. The molecule has 3 rings (SSSR count). The number of carbonyl (C=O) groups excluding carboxylic acids is 1. The van der Waals surface area contributed by atoms with Crippen LogP contribution in [0.25, 0.3) is 11.3 Å². The molecule has 3 aromatic rings. The molecule has 0 aliphatic rings. The Hall–Kier alpha value is -2.86. The number of benzene rings is 2. The minimum absolute atomic E-state index is 0.179. The van der Waals surface area contributed by atoms with Gasteiger partial charge in [-0.1, -0.05) is 48.0 Å². The van der Waals surface area contributed by atoms with E-state index in [2.05, 4.69) is 15.6 Å². The van der Waals surface area contributed by atoms with E-state index < -0.39 is 0 Å². The minimum Gasteiger partial charge on any atom is -0.484 e. The van der Waals surface area contributed by atoms with Crippen LogP contribution in [0, 0.1) is 0 Å². The summed E-state index contributed by atoms with van der Waals surface area (Å²) in [4.78, 5) is 12.0. The molecule has 1 heterocycles. The zero-order valence-electron chi connectivity index (χ0n) is 11.9. The van der Waals surface area contributed by atoms with E-state index in [0.29, 0.717) is 16.5 Å². The molecule has 23 heavy (non-hydrogen) atoms. The van der Waals surface area contributed by atoms with E-state index in [4.69, 9.17) is 21.0 Å². The molecule has 0 bridgehead atoms. The average molecular weight is 330 g/mol. The predicted octanol–water partition coefficient (Wildman–Crippen LogP) is 3.41. The fraction of sp³-hybridized carbons (Fsp3) is 0.0625. The lowest BCUT2D eigenvalue weighted by Crippen LogP contribution is -2.20. The highest BCUT2D eigenvalue weighted by atomic mass is 35.5. The van der Waals surface area contributed by atoms with Gasteiger partial charge in [-0.3, -0.25) is 4.79 Å². The van der Waals surface area contributed by atoms with E-state index in [1.165, 1.54) is 0 Å². The monoisotopic (exact) mass is 329 g/mol. The molecule has 0 atom stereocenters. The van der Waals surface area contributed by atoms with Gasteiger partial charge in [0, 0.05) is 10.6 Å². The molecule has 2 aromatic carbocycles. The first-order valence-electron chi connectivity index (χ1n) is 6.78. The van der Waals surface area contributed by atoms with E-state index in [0.717, 1.165) is 5.56 Å². The van der Waals surface area contributed by atoms with Gasteiger partial charge in [0.1, 0.15) is 5.75 Å². The second-order valence-electron chi connectivity index (χ2n) is 4.62. The highest BCUT2D eigenvalue weighted by molar-refractivity contribution is 6.30. The number of rotatable bonds is 5. The lowest BCUT2D eigenvalue weighted by atomic mass is 10.1. The van der Waals surface area contributed by atoms with Gasteiger partial charge in [0.05, 0.1) is 0 Å². The van der Waals surface area contributed by atoms with Crippen LogP contribution in [0.4, 0.5) is 5.82 Å². The predicted molar refractivity (Wildman–Crippen MR) is 85.3 cm³/mol. The Morgan fingerprint density at radius 2 is 1.96 bits per heavy atom. The molecule has 0 aliphatic carbocycles. The van der Waals surface area contributed by atoms with Gasteiger partial charge in [0.2, 0.25) is 5.82 Å². The van der Waals surface area contributed by atoms with Crippen molar-refractivity contribution in [2.24, 2.45) is 0 Å². The topological polar surface area (TPSA) is 77.2 Å². The van der Waals surface area contributed by atoms with E-state index in [9.17, 15) is 4.79 Å². The first-order valence-corrected chi connectivity index (χ1v) is 7.16. The van der Waals surface area contributed by atoms with E-state index in [1.807, 2.05) is 30.3 Å². The number of anilines is 1. The van der Waals surface area contributed by atoms with E-state index in [-0.39, 0.29) is 18.3 Å². The largest absolute Gasteiger partial charge is 0.484 e. The lowest BCUT2D eigenvalue weighted by Gasteiger charge is -2.06. The molecule has 0 saturated carbocycles. The number of ether oxygens (including phenoxy) is 1. The van der Waals surface area contributed by atoms with Gasteiger partial charge >= 0.3 is 0 Å². The number of hydrogen-bond donors (Lipinski definition) is 1. The normalized spacial score (nSPS) is 10.3. The lowest BCUT2D eigenvalue weighted by molar-refractivity contribution is -0.118. The van der Waals surface area contributed by atoms with Crippen molar-refractivity contribution in [3.05, 3.63) is 59.6 Å². The van der Waals surface area contributed by atoms with Gasteiger partial charge in [-0.2, -0.15) is 0 Å². The van der Waals surface area contributed by atoms with Crippen LogP contribution in [-0.2, 0) is 4.79 Å². The van der Waals surface area contributed by atoms with Crippen LogP contribution in [-0.4, -0.2) is 22.8 Å². The summed E-state index contributed by atoms with van der Waals surface area (Å²) in [7, 11) is 0. The van der Waals surface area contributed by atoms with Crippen LogP contribution < -0.4 is 10.1 Å². The van der Waals surface area contributed by atoms with Gasteiger partial charge in [0.25, 0.3) is 5.91 Å². The fourth-order valence-electron chi connectivity index (χ4n) is 1.93. The van der Waals surface area contributed by atoms with Crippen molar-refractivity contribution in [3.63, 3.8) is 0 Å². The Labute approximate surface area is 137 Å². The number of aromatic nitrogens is 2. The zero-order valence-corrected chi connectivity index (χ0v) is 12.7. The van der Waals surface area contributed by atoms with Crippen LogP contribution in [0.3, 0.4) is 0 Å². The van der Waals surface area contributed by atoms with Crippen molar-refractivity contribution in [1.82, 2.24) is 10.3 Å². The first kappa shape index (κ1) is 15.1. The van der Waals surface area contributed by atoms with E-state index >= 15 is 0 Å². The second-order valence-corrected chi connectivity index (χ2v) is 5.06. The van der Waals surface area contributed by atoms with Gasteiger partial charge in [-0.05, 0) is 28.5 Å². The molecule has 0 spiro atoms. The standard InChI is InChI=1S/C16H12ClN3O3/c17-12-7-4-8-13(9-12)22-10-14(21)18-16-15(19-23-20-16)11-5-2-1-3-6-11/h1-9H,10H2,(H,18,20,21). The summed E-state index contributed by atoms with van der Waals surface area (Å²) in [5, 5.41) is 10.7. The molecule has 0 unspecified atom stereocenters. The maximum absolute atomic E-state index is 12.0. The molecule has 1 amide bonds. The number of carbonyl (C=O) groups is 1. The Morgan fingerprint density at radius 3 is 2.74 bits per heavy atom. The summed E-state index contributed by atoms with van der Waals surface area (Å²) in [6.45, 7) is -0.179. The number of nitrogens with zero attached hydrogens (tertiary/aromatic N) is 2. The summed E-state index contributed by atoms with van der Waals surface area (Å²) in [5.74, 6) is 0.378. The molecular formula is C16H12ClN3O3. The van der Waals surface area contributed by atoms with Crippen molar-refractivity contribution in [2.75, 3.05) is 11.9 Å². The molecule has 0 aliphatic heterocycles. The van der Waals surface area contributed by atoms with Crippen LogP contribution in [0.15, 0.2) is 59.2 Å². The van der Waals surface area contributed by atoms with Gasteiger partial charge in [-0.25, -0.2) is 4.63 Å². The molecule has 7 heteroatoms. The smallest absolute Gasteiger partial charge is 0.263 e. The summed E-state index contributed by atoms with van der Waals surface area (Å²) in [6, 6.07) is 16.1. The average Bonchev–Trinajstić information content (AvgIpc) is 3.02. The summed E-state index contributed by atoms with van der Waals surface area (Å²) in [5.41, 5.74) is 1.25. The van der Waals surface area contributed by atoms with Crippen molar-refractivity contribution in [3.8, 4) is 17.0 Å². The van der Waals surface area contributed by atoms with Gasteiger partial charge in [0.15, 0.2) is 12.3 Å². The quantitative estimate of drug-likeness (QED) is 0.776. The fourth-order valence-corrected chi connectivity index (χ4v) is 2.11. The van der Waals surface area contributed by atoms with E-state index in [1.54, 1.807) is 24.3 Å². The summed E-state index contributed by atoms with van der Waals surface area (Å²) in [6.07, 6.45) is 0. The third kappa shape index (κ3) is 3.87. The van der Waals surface area contributed by atoms with Crippen LogP contribution >= 0.6 is 11.6 Å². The number of halogens is 1. The van der Waals surface area contributed by atoms with Crippen LogP contribution in [0.5, 0.6) is 5.75 Å². The molecule has 1 aromatic heterocycles. The van der Waals surface area contributed by atoms with Gasteiger partial charge < -0.3 is 10.1 Å². The Balaban J connectivity index is 1.64. The number of amides is 1. The third-order valence-electron chi connectivity index (χ3n) is 2.96. The number of hydrogen-bond acceptors (Lipinski definition) is 5. The highest BCUT2D eigenvalue weighted by Gasteiger charge is 2.15. The minimum atomic E-state index is -0.377. The molecule has 0 fully saturated rings. The molecular weight excluding hydrogens is 318 g/mol. The highest BCUT2D eigenvalue weighted by Crippen LogP contribution is 2.23. The maximum Gasteiger partial charge on any atom is 0.263 e. The van der Waals surface area contributed by atoms with Crippen molar-refractivity contribution in [1.29, 1.82) is 0 Å². The molecule has 1 N–H and O–H groups in total. The first-order chi connectivity index (χ1) is 11.2. The zero-order chi connectivity index (χ0) is 16.1. The molecule has 0 saturated heterocycles. The molecule has 6 nitrogen and oxygen atoms in total. The van der Waals surface area contributed by atoms with Crippen molar-refractivity contribution >= 4 is 23.3 Å². The summed E-state index contributed by atoms with van der Waals surface area (Å²) >= 11 is 5.85. The van der Waals surface area contributed by atoms with Crippen molar-refractivity contribution in [2.45, 2.75) is 0 Å². The molecule has 0 radical (unpaired) electrons. The number of nitrogens with one attached hydrogen (secondary N) is 1. The second kappa shape index (κ2) is 6.93.